The molecule has 0 unspecified atom stereocenters. The molecule has 1 aliphatic rings. The van der Waals surface area contributed by atoms with E-state index in [2.05, 4.69) is 15.3 Å². The van der Waals surface area contributed by atoms with Gasteiger partial charge in [-0.05, 0) is 6.92 Å². The summed E-state index contributed by atoms with van der Waals surface area (Å²) in [5, 5.41) is 2.91. The Hall–Kier alpha value is -2.18. The van der Waals surface area contributed by atoms with Gasteiger partial charge in [0.1, 0.15) is 12.4 Å². The molecule has 2 heterocycles. The van der Waals surface area contributed by atoms with Crippen molar-refractivity contribution < 1.29 is 9.59 Å². The van der Waals surface area contributed by atoms with Gasteiger partial charge in [0.25, 0.3) is 5.91 Å². The number of aromatic nitrogens is 2. The van der Waals surface area contributed by atoms with Crippen molar-refractivity contribution in [3.63, 3.8) is 0 Å². The van der Waals surface area contributed by atoms with Crippen LogP contribution in [0.5, 0.6) is 0 Å². The second kappa shape index (κ2) is 4.59. The third-order valence-corrected chi connectivity index (χ3v) is 2.69. The van der Waals surface area contributed by atoms with Gasteiger partial charge in [-0.2, -0.15) is 0 Å². The SMILES string of the molecule is CNc1cc(C)nc(CN2C(=O)CN(C)C2=O)n1. The van der Waals surface area contributed by atoms with E-state index in [-0.39, 0.29) is 25.0 Å². The zero-order chi connectivity index (χ0) is 13.3. The van der Waals surface area contributed by atoms with E-state index in [1.807, 2.05) is 6.92 Å². The number of anilines is 1. The van der Waals surface area contributed by atoms with Crippen LogP contribution in [0.1, 0.15) is 11.5 Å². The number of likely N-dealkylation sites (N-methyl/N-ethyl adjacent to an activating group) is 1. The van der Waals surface area contributed by atoms with Crippen LogP contribution in [0.4, 0.5) is 10.6 Å². The van der Waals surface area contributed by atoms with Crippen molar-refractivity contribution in [1.82, 2.24) is 19.8 Å². The number of carbonyl (C=O) groups is 2. The van der Waals surface area contributed by atoms with Crippen molar-refractivity contribution in [3.8, 4) is 0 Å². The van der Waals surface area contributed by atoms with E-state index < -0.39 is 0 Å². The van der Waals surface area contributed by atoms with E-state index in [1.54, 1.807) is 20.2 Å². The predicted molar refractivity (Wildman–Crippen MR) is 64.9 cm³/mol. The van der Waals surface area contributed by atoms with E-state index in [9.17, 15) is 9.59 Å². The predicted octanol–water partition coefficient (Wildman–Crippen LogP) is 0.221. The van der Waals surface area contributed by atoms with E-state index >= 15 is 0 Å². The first-order valence-electron chi connectivity index (χ1n) is 5.59. The number of urea groups is 1. The molecule has 2 rings (SSSR count). The number of nitrogens with zero attached hydrogens (tertiary/aromatic N) is 4. The summed E-state index contributed by atoms with van der Waals surface area (Å²) in [6.45, 7) is 2.06. The number of imide groups is 1. The molecule has 7 nitrogen and oxygen atoms in total. The lowest BCUT2D eigenvalue weighted by atomic mass is 10.4. The van der Waals surface area contributed by atoms with Gasteiger partial charge < -0.3 is 10.2 Å². The Kier molecular flexibility index (Phi) is 3.14. The average Bonchev–Trinajstić information content (AvgIpc) is 2.55. The first-order valence-corrected chi connectivity index (χ1v) is 5.59. The zero-order valence-electron chi connectivity index (χ0n) is 10.6. The first-order chi connectivity index (χ1) is 8.51. The summed E-state index contributed by atoms with van der Waals surface area (Å²) >= 11 is 0. The molecule has 3 amide bonds. The van der Waals surface area contributed by atoms with Gasteiger partial charge in [0.2, 0.25) is 0 Å². The molecule has 18 heavy (non-hydrogen) atoms. The maximum Gasteiger partial charge on any atom is 0.327 e. The number of aryl methyl sites for hydroxylation is 1. The monoisotopic (exact) mass is 249 g/mol. The van der Waals surface area contributed by atoms with Crippen molar-refractivity contribution in [1.29, 1.82) is 0 Å². The highest BCUT2D eigenvalue weighted by Gasteiger charge is 2.34. The van der Waals surface area contributed by atoms with E-state index in [0.717, 1.165) is 10.6 Å². The van der Waals surface area contributed by atoms with Gasteiger partial charge in [0.15, 0.2) is 5.82 Å². The molecule has 96 valence electrons. The molecule has 0 atom stereocenters. The van der Waals surface area contributed by atoms with Crippen LogP contribution in [0.15, 0.2) is 6.07 Å². The average molecular weight is 249 g/mol. The van der Waals surface area contributed by atoms with Gasteiger partial charge in [-0.1, -0.05) is 0 Å². The fourth-order valence-electron chi connectivity index (χ4n) is 1.79. The van der Waals surface area contributed by atoms with E-state index in [1.165, 1.54) is 4.90 Å². The maximum atomic E-state index is 11.7. The summed E-state index contributed by atoms with van der Waals surface area (Å²) in [7, 11) is 3.35. The lowest BCUT2D eigenvalue weighted by Gasteiger charge is -2.13. The van der Waals surface area contributed by atoms with Crippen LogP contribution in [-0.4, -0.2) is 52.3 Å². The van der Waals surface area contributed by atoms with Gasteiger partial charge in [-0.25, -0.2) is 14.8 Å². The number of nitrogens with one attached hydrogen (secondary N) is 1. The Labute approximate surface area is 105 Å². The van der Waals surface area contributed by atoms with E-state index in [0.29, 0.717) is 11.6 Å². The molecule has 0 spiro atoms. The highest BCUT2D eigenvalue weighted by Crippen LogP contribution is 2.13. The second-order valence-corrected chi connectivity index (χ2v) is 4.18. The molecule has 0 aromatic carbocycles. The Morgan fingerprint density at radius 2 is 2.11 bits per heavy atom. The standard InChI is InChI=1S/C11H15N5O2/c1-7-4-8(12-2)14-9(13-7)5-16-10(17)6-15(3)11(16)18/h4H,5-6H2,1-3H3,(H,12,13,14). The minimum absolute atomic E-state index is 0.109. The number of hydrogen-bond donors (Lipinski definition) is 1. The fourth-order valence-corrected chi connectivity index (χ4v) is 1.79. The van der Waals surface area contributed by atoms with Crippen LogP contribution in [0.25, 0.3) is 0 Å². The van der Waals surface area contributed by atoms with Crippen LogP contribution in [-0.2, 0) is 11.3 Å². The van der Waals surface area contributed by atoms with Crippen molar-refractivity contribution >= 4 is 17.8 Å². The molecule has 0 radical (unpaired) electrons. The number of amides is 3. The summed E-state index contributed by atoms with van der Waals surface area (Å²) in [6, 6.07) is 1.49. The zero-order valence-corrected chi connectivity index (χ0v) is 10.6. The molecule has 0 saturated carbocycles. The summed E-state index contributed by atoms with van der Waals surface area (Å²) in [5.74, 6) is 0.903. The first kappa shape index (κ1) is 12.3. The Bertz CT molecular complexity index is 502. The highest BCUT2D eigenvalue weighted by atomic mass is 16.2. The summed E-state index contributed by atoms with van der Waals surface area (Å²) in [4.78, 5) is 34.3. The molecule has 1 aromatic rings. The lowest BCUT2D eigenvalue weighted by Crippen LogP contribution is -2.31. The molecule has 1 saturated heterocycles. The van der Waals surface area contributed by atoms with Crippen LogP contribution >= 0.6 is 0 Å². The van der Waals surface area contributed by atoms with Crippen LogP contribution in [0.3, 0.4) is 0 Å². The highest BCUT2D eigenvalue weighted by molar-refractivity contribution is 6.01. The minimum Gasteiger partial charge on any atom is -0.373 e. The largest absolute Gasteiger partial charge is 0.373 e. The molecule has 1 aromatic heterocycles. The van der Waals surface area contributed by atoms with Gasteiger partial charge in [0.05, 0.1) is 6.54 Å². The Balaban J connectivity index is 2.21. The van der Waals surface area contributed by atoms with E-state index in [4.69, 9.17) is 0 Å². The smallest absolute Gasteiger partial charge is 0.327 e. The second-order valence-electron chi connectivity index (χ2n) is 4.18. The minimum atomic E-state index is -0.309. The topological polar surface area (TPSA) is 78.4 Å². The summed E-state index contributed by atoms with van der Waals surface area (Å²) in [5.41, 5.74) is 0.789. The third kappa shape index (κ3) is 2.24. The van der Waals surface area contributed by atoms with Crippen LogP contribution < -0.4 is 5.32 Å². The molecule has 0 aliphatic carbocycles. The number of rotatable bonds is 3. The molecule has 0 bridgehead atoms. The Morgan fingerprint density at radius 1 is 1.39 bits per heavy atom. The number of carbonyl (C=O) groups excluding carboxylic acids is 2. The quantitative estimate of drug-likeness (QED) is 0.775. The number of hydrogen-bond acceptors (Lipinski definition) is 5. The molecule has 7 heteroatoms. The normalized spacial score (nSPS) is 15.5. The van der Waals surface area contributed by atoms with Crippen molar-refractivity contribution in [2.45, 2.75) is 13.5 Å². The molecular formula is C11H15N5O2. The molecule has 1 aliphatic heterocycles. The fraction of sp³-hybridized carbons (Fsp3) is 0.455. The lowest BCUT2D eigenvalue weighted by molar-refractivity contribution is -0.125. The van der Waals surface area contributed by atoms with Gasteiger partial charge in [-0.3, -0.25) is 9.69 Å². The van der Waals surface area contributed by atoms with Gasteiger partial charge in [-0.15, -0.1) is 0 Å². The van der Waals surface area contributed by atoms with Crippen molar-refractivity contribution in [2.24, 2.45) is 0 Å². The van der Waals surface area contributed by atoms with Gasteiger partial charge >= 0.3 is 6.03 Å². The maximum absolute atomic E-state index is 11.7. The summed E-state index contributed by atoms with van der Waals surface area (Å²) < 4.78 is 0. The molecule has 1 fully saturated rings. The van der Waals surface area contributed by atoms with Gasteiger partial charge in [0, 0.05) is 25.9 Å². The summed E-state index contributed by atoms with van der Waals surface area (Å²) in [6.07, 6.45) is 0. The molecule has 1 N–H and O–H groups in total. The van der Waals surface area contributed by atoms with Crippen molar-refractivity contribution in [3.05, 3.63) is 17.6 Å². The van der Waals surface area contributed by atoms with Crippen LogP contribution in [0.2, 0.25) is 0 Å². The molecular weight excluding hydrogens is 234 g/mol. The van der Waals surface area contributed by atoms with Crippen molar-refractivity contribution in [2.75, 3.05) is 26.0 Å². The Morgan fingerprint density at radius 3 is 2.67 bits per heavy atom. The van der Waals surface area contributed by atoms with Crippen LogP contribution in [0, 0.1) is 6.92 Å². The third-order valence-electron chi connectivity index (χ3n) is 2.69.